The summed E-state index contributed by atoms with van der Waals surface area (Å²) in [6, 6.07) is 5.98. The number of carbonyl (C=O) groups is 2. The second kappa shape index (κ2) is 12.3. The van der Waals surface area contributed by atoms with Gasteiger partial charge in [0.15, 0.2) is 0 Å². The first-order valence-electron chi connectivity index (χ1n) is 8.92. The number of rotatable bonds is 7. The van der Waals surface area contributed by atoms with Crippen LogP contribution in [0.4, 0.5) is 18.9 Å². The van der Waals surface area contributed by atoms with Crippen molar-refractivity contribution in [1.29, 1.82) is 0 Å². The molecule has 0 aliphatic carbocycles. The molecule has 0 aliphatic heterocycles. The molecule has 0 spiro atoms. The quantitative estimate of drug-likeness (QED) is 0.241. The van der Waals surface area contributed by atoms with E-state index in [4.69, 9.17) is 16.3 Å². The lowest BCUT2D eigenvalue weighted by molar-refractivity contribution is -0.384. The summed E-state index contributed by atoms with van der Waals surface area (Å²) in [5.41, 5.74) is -2.71. The lowest BCUT2D eigenvalue weighted by atomic mass is 10.1. The number of ether oxygens (including phenoxy) is 2. The number of aliphatic carboxylic acids is 1. The third-order valence-corrected chi connectivity index (χ3v) is 3.81. The minimum atomic E-state index is -4.96. The van der Waals surface area contributed by atoms with E-state index in [2.05, 4.69) is 23.5 Å². The summed E-state index contributed by atoms with van der Waals surface area (Å²) in [6.07, 6.45) is 0.905. The van der Waals surface area contributed by atoms with Crippen molar-refractivity contribution in [1.82, 2.24) is 0 Å². The molecular weight excluding hydrogens is 491 g/mol. The summed E-state index contributed by atoms with van der Waals surface area (Å²) < 4.78 is 49.6. The monoisotopic (exact) mass is 509 g/mol. The van der Waals surface area contributed by atoms with Gasteiger partial charge in [0.05, 0.1) is 46.4 Å². The van der Waals surface area contributed by atoms with Gasteiger partial charge in [-0.1, -0.05) is 11.6 Å². The van der Waals surface area contributed by atoms with Crippen LogP contribution in [0.5, 0.6) is 11.5 Å². The van der Waals surface area contributed by atoms with E-state index < -0.39 is 52.2 Å². The average Bonchev–Trinajstić information content (AvgIpc) is 2.68. The van der Waals surface area contributed by atoms with E-state index >= 15 is 0 Å². The first-order chi connectivity index (χ1) is 15.2. The molecule has 0 aromatic heterocycles. The third kappa shape index (κ3) is 9.18. The number of esters is 1. The summed E-state index contributed by atoms with van der Waals surface area (Å²) in [7, 11) is 0.639. The number of hydrogen-bond donors (Lipinski definition) is 0. The molecule has 0 unspecified atom stereocenters. The third-order valence-electron chi connectivity index (χ3n) is 3.43. The SMILES string of the molecule is C[S+](C)C.O=C([O-])CCOC(=O)c1c(C(F)(F)F)ccc(Oc2ccc([N+](=O)[O-])cc2)c1Cl. The maximum Gasteiger partial charge on any atom is 0.417 e. The second-order valence-electron chi connectivity index (χ2n) is 6.63. The molecule has 0 amide bonds. The highest BCUT2D eigenvalue weighted by Gasteiger charge is 2.38. The maximum atomic E-state index is 13.2. The molecule has 8 nitrogen and oxygen atoms in total. The van der Waals surface area contributed by atoms with Crippen LogP contribution in [0.3, 0.4) is 0 Å². The summed E-state index contributed by atoms with van der Waals surface area (Å²) >= 11 is 5.93. The van der Waals surface area contributed by atoms with E-state index in [1.165, 1.54) is 12.1 Å². The van der Waals surface area contributed by atoms with E-state index in [9.17, 15) is 38.0 Å². The lowest BCUT2D eigenvalue weighted by Gasteiger charge is -2.16. The molecule has 33 heavy (non-hydrogen) atoms. The van der Waals surface area contributed by atoms with Crippen LogP contribution in [0.2, 0.25) is 5.02 Å². The molecule has 0 saturated carbocycles. The maximum absolute atomic E-state index is 13.2. The lowest BCUT2D eigenvalue weighted by Crippen LogP contribution is -2.24. The smallest absolute Gasteiger partial charge is 0.417 e. The molecule has 0 radical (unpaired) electrons. The highest BCUT2D eigenvalue weighted by molar-refractivity contribution is 7.94. The molecule has 2 rings (SSSR count). The molecule has 0 N–H and O–H groups in total. The van der Waals surface area contributed by atoms with Crippen LogP contribution in [0.25, 0.3) is 0 Å². The fraction of sp³-hybridized carbons (Fsp3) is 0.300. The summed E-state index contributed by atoms with van der Waals surface area (Å²) in [5, 5.41) is 20.3. The van der Waals surface area contributed by atoms with Crippen molar-refractivity contribution < 1.29 is 42.3 Å². The van der Waals surface area contributed by atoms with Crippen molar-refractivity contribution in [3.63, 3.8) is 0 Å². The number of nitro groups is 1. The second-order valence-corrected chi connectivity index (χ2v) is 9.46. The van der Waals surface area contributed by atoms with Gasteiger partial charge in [0.2, 0.25) is 0 Å². The van der Waals surface area contributed by atoms with Crippen molar-refractivity contribution in [2.24, 2.45) is 0 Å². The van der Waals surface area contributed by atoms with Crippen LogP contribution >= 0.6 is 11.6 Å². The number of carboxylic acid groups (broad SMARTS) is 1. The van der Waals surface area contributed by atoms with Crippen LogP contribution in [-0.4, -0.2) is 42.2 Å². The van der Waals surface area contributed by atoms with Gasteiger partial charge < -0.3 is 19.4 Å². The zero-order chi connectivity index (χ0) is 25.3. The first-order valence-corrected chi connectivity index (χ1v) is 11.7. The van der Waals surface area contributed by atoms with E-state index in [-0.39, 0.29) is 17.2 Å². The van der Waals surface area contributed by atoms with Crippen LogP contribution in [0, 0.1) is 10.1 Å². The number of nitrogens with zero attached hydrogens (tertiary/aromatic N) is 1. The van der Waals surface area contributed by atoms with Crippen molar-refractivity contribution in [3.05, 3.63) is 62.7 Å². The zero-order valence-corrected chi connectivity index (χ0v) is 19.2. The molecule has 0 aliphatic rings. The summed E-state index contributed by atoms with van der Waals surface area (Å²) in [5.74, 6) is -3.40. The van der Waals surface area contributed by atoms with Crippen LogP contribution in [-0.2, 0) is 26.6 Å². The van der Waals surface area contributed by atoms with Gasteiger partial charge in [-0.25, -0.2) is 4.79 Å². The zero-order valence-electron chi connectivity index (χ0n) is 17.6. The number of carboxylic acids is 1. The summed E-state index contributed by atoms with van der Waals surface area (Å²) in [4.78, 5) is 32.4. The van der Waals surface area contributed by atoms with Crippen LogP contribution in [0.1, 0.15) is 22.3 Å². The summed E-state index contributed by atoms with van der Waals surface area (Å²) in [6.45, 7) is -0.720. The van der Waals surface area contributed by atoms with Gasteiger partial charge in [-0.05, 0) is 35.2 Å². The highest BCUT2D eigenvalue weighted by atomic mass is 35.5. The number of carbonyl (C=O) groups excluding carboxylic acids is 2. The molecular formula is C20H19ClF3NO7S. The van der Waals surface area contributed by atoms with Gasteiger partial charge in [0, 0.05) is 24.5 Å². The highest BCUT2D eigenvalue weighted by Crippen LogP contribution is 2.41. The number of non-ortho nitro benzene ring substituents is 1. The van der Waals surface area contributed by atoms with E-state index in [1.54, 1.807) is 0 Å². The number of benzene rings is 2. The Labute approximate surface area is 194 Å². The normalized spacial score (nSPS) is 10.8. The topological polar surface area (TPSA) is 119 Å². The van der Waals surface area contributed by atoms with Gasteiger partial charge in [0.1, 0.15) is 11.5 Å². The average molecular weight is 510 g/mol. The molecule has 0 heterocycles. The molecule has 0 saturated heterocycles. The number of nitro benzene ring substituents is 1. The van der Waals surface area contributed by atoms with Crippen LogP contribution in [0.15, 0.2) is 36.4 Å². The Morgan fingerprint density at radius 1 is 1.09 bits per heavy atom. The molecule has 13 heteroatoms. The number of alkyl halides is 3. The Morgan fingerprint density at radius 2 is 1.64 bits per heavy atom. The van der Waals surface area contributed by atoms with Crippen molar-refractivity contribution >= 4 is 40.1 Å². The van der Waals surface area contributed by atoms with Gasteiger partial charge >= 0.3 is 12.1 Å². The Bertz CT molecular complexity index is 996. The largest absolute Gasteiger partial charge is 0.550 e. The van der Waals surface area contributed by atoms with E-state index in [0.717, 1.165) is 18.2 Å². The Balaban J connectivity index is 0.00000125. The molecule has 0 fully saturated rings. The van der Waals surface area contributed by atoms with Gasteiger partial charge in [-0.2, -0.15) is 13.2 Å². The van der Waals surface area contributed by atoms with Crippen molar-refractivity contribution in [2.45, 2.75) is 12.6 Å². The molecule has 0 atom stereocenters. The van der Waals surface area contributed by atoms with E-state index in [1.807, 2.05) is 0 Å². The first kappa shape index (κ1) is 28.0. The van der Waals surface area contributed by atoms with E-state index in [0.29, 0.717) is 17.0 Å². The van der Waals surface area contributed by atoms with Crippen molar-refractivity contribution in [3.8, 4) is 11.5 Å². The minimum Gasteiger partial charge on any atom is -0.550 e. The predicted molar refractivity (Wildman–Crippen MR) is 115 cm³/mol. The molecule has 2 aromatic rings. The minimum absolute atomic E-state index is 0.00790. The molecule has 0 bridgehead atoms. The van der Waals surface area contributed by atoms with Crippen molar-refractivity contribution in [2.75, 3.05) is 25.4 Å². The van der Waals surface area contributed by atoms with Gasteiger partial charge in [-0.15, -0.1) is 0 Å². The molecule has 180 valence electrons. The predicted octanol–water partition coefficient (Wildman–Crippen LogP) is 3.85. The number of hydrogen-bond acceptors (Lipinski definition) is 7. The molecule has 2 aromatic carbocycles. The Kier molecular flexibility index (Phi) is 10.5. The Morgan fingerprint density at radius 3 is 2.09 bits per heavy atom. The fourth-order valence-corrected chi connectivity index (χ4v) is 2.41. The van der Waals surface area contributed by atoms with Crippen LogP contribution < -0.4 is 9.84 Å². The van der Waals surface area contributed by atoms with Gasteiger partial charge in [-0.3, -0.25) is 10.1 Å². The fourth-order valence-electron chi connectivity index (χ4n) is 2.13. The standard InChI is InChI=1S/C17H11ClF3NO7.C3H9S/c18-15-12(29-10-3-1-9(2-4-10)22(26)27)6-5-11(17(19,20)21)14(15)16(25)28-8-7-13(23)24;1-4(2)3/h1-6H,7-8H2,(H,23,24);1-3H3/q;+1/p-1. The Hall–Kier alpha value is -2.99. The number of halogens is 4. The van der Waals surface area contributed by atoms with Gasteiger partial charge in [0.25, 0.3) is 5.69 Å².